The zero-order valence-corrected chi connectivity index (χ0v) is 8.01. The van der Waals surface area contributed by atoms with E-state index < -0.39 is 6.10 Å². The average molecular weight is 198 g/mol. The molecular formula is C10H14O4. The zero-order chi connectivity index (χ0) is 10.4. The van der Waals surface area contributed by atoms with Gasteiger partial charge in [0.15, 0.2) is 6.79 Å². The van der Waals surface area contributed by atoms with Gasteiger partial charge in [-0.2, -0.15) is 0 Å². The second-order valence-electron chi connectivity index (χ2n) is 2.82. The quantitative estimate of drug-likeness (QED) is 0.683. The van der Waals surface area contributed by atoms with E-state index in [4.69, 9.17) is 14.6 Å². The van der Waals surface area contributed by atoms with Crippen LogP contribution in [0.15, 0.2) is 24.3 Å². The molecule has 1 atom stereocenters. The maximum atomic E-state index is 9.34. The predicted molar refractivity (Wildman–Crippen MR) is 51.0 cm³/mol. The van der Waals surface area contributed by atoms with Gasteiger partial charge in [-0.25, -0.2) is 0 Å². The van der Waals surface area contributed by atoms with Crippen molar-refractivity contribution in [3.05, 3.63) is 29.8 Å². The Morgan fingerprint density at radius 1 is 1.43 bits per heavy atom. The van der Waals surface area contributed by atoms with E-state index in [2.05, 4.69) is 0 Å². The van der Waals surface area contributed by atoms with E-state index >= 15 is 0 Å². The van der Waals surface area contributed by atoms with Crippen molar-refractivity contribution < 1.29 is 19.7 Å². The second-order valence-corrected chi connectivity index (χ2v) is 2.82. The van der Waals surface area contributed by atoms with Gasteiger partial charge in [-0.15, -0.1) is 0 Å². The first kappa shape index (κ1) is 11.0. The molecule has 4 heteroatoms. The summed E-state index contributed by atoms with van der Waals surface area (Å²) in [5.41, 5.74) is 0.626. The Morgan fingerprint density at radius 3 is 2.86 bits per heavy atom. The van der Waals surface area contributed by atoms with Crippen LogP contribution < -0.4 is 4.74 Å². The van der Waals surface area contributed by atoms with Crippen molar-refractivity contribution in [1.82, 2.24) is 0 Å². The molecule has 2 N–H and O–H groups in total. The number of aliphatic hydroxyl groups excluding tert-OH is 2. The number of hydrogen-bond acceptors (Lipinski definition) is 4. The molecule has 0 heterocycles. The highest BCUT2D eigenvalue weighted by Crippen LogP contribution is 2.18. The molecule has 0 bridgehead atoms. The summed E-state index contributed by atoms with van der Waals surface area (Å²) in [6.45, 7) is -0.133. The Labute approximate surface area is 82.7 Å². The van der Waals surface area contributed by atoms with Gasteiger partial charge in [-0.3, -0.25) is 0 Å². The minimum absolute atomic E-state index is 0.165. The molecule has 0 aliphatic carbocycles. The summed E-state index contributed by atoms with van der Waals surface area (Å²) in [7, 11) is 1.53. The van der Waals surface area contributed by atoms with Gasteiger partial charge in [0.25, 0.3) is 0 Å². The fourth-order valence-corrected chi connectivity index (χ4v) is 1.04. The van der Waals surface area contributed by atoms with Crippen LogP contribution in [0, 0.1) is 0 Å². The van der Waals surface area contributed by atoms with E-state index in [9.17, 15) is 5.11 Å². The molecule has 0 amide bonds. The van der Waals surface area contributed by atoms with Gasteiger partial charge in [0, 0.05) is 7.11 Å². The highest BCUT2D eigenvalue weighted by atomic mass is 16.7. The average Bonchev–Trinajstić information content (AvgIpc) is 2.25. The van der Waals surface area contributed by atoms with Crippen molar-refractivity contribution >= 4 is 0 Å². The maximum absolute atomic E-state index is 9.34. The van der Waals surface area contributed by atoms with Crippen LogP contribution in [0.2, 0.25) is 0 Å². The topological polar surface area (TPSA) is 58.9 Å². The number of methoxy groups -OCH3 is 1. The number of aliphatic hydroxyl groups is 2. The molecule has 1 aromatic rings. The van der Waals surface area contributed by atoms with Gasteiger partial charge >= 0.3 is 0 Å². The molecular weight excluding hydrogens is 184 g/mol. The lowest BCUT2D eigenvalue weighted by atomic mass is 10.1. The van der Waals surface area contributed by atoms with Gasteiger partial charge in [0.1, 0.15) is 11.9 Å². The molecule has 4 nitrogen and oxygen atoms in total. The van der Waals surface area contributed by atoms with Crippen LogP contribution in [0.5, 0.6) is 5.75 Å². The molecule has 0 radical (unpaired) electrons. The summed E-state index contributed by atoms with van der Waals surface area (Å²) < 4.78 is 9.91. The molecule has 1 rings (SSSR count). The van der Waals surface area contributed by atoms with Gasteiger partial charge in [0.05, 0.1) is 6.61 Å². The van der Waals surface area contributed by atoms with Gasteiger partial charge < -0.3 is 19.7 Å². The first-order valence-electron chi connectivity index (χ1n) is 4.28. The third-order valence-electron chi connectivity index (χ3n) is 1.76. The smallest absolute Gasteiger partial charge is 0.188 e. The van der Waals surface area contributed by atoms with Crippen molar-refractivity contribution in [3.8, 4) is 5.75 Å². The van der Waals surface area contributed by atoms with E-state index in [-0.39, 0.29) is 13.4 Å². The molecule has 0 saturated carbocycles. The fourth-order valence-electron chi connectivity index (χ4n) is 1.04. The molecule has 0 aromatic heterocycles. The Kier molecular flexibility index (Phi) is 4.39. The summed E-state index contributed by atoms with van der Waals surface area (Å²) >= 11 is 0. The normalized spacial score (nSPS) is 12.5. The summed E-state index contributed by atoms with van der Waals surface area (Å²) in [5, 5.41) is 18.1. The summed E-state index contributed by atoms with van der Waals surface area (Å²) in [5.74, 6) is 0.608. The lowest BCUT2D eigenvalue weighted by molar-refractivity contribution is 0.0505. The third kappa shape index (κ3) is 2.99. The maximum Gasteiger partial charge on any atom is 0.188 e. The van der Waals surface area contributed by atoms with E-state index in [0.717, 1.165) is 0 Å². The Balaban J connectivity index is 2.68. The van der Waals surface area contributed by atoms with Crippen molar-refractivity contribution in [1.29, 1.82) is 0 Å². The SMILES string of the molecule is COCOc1cccc([C@@H](O)CO)c1. The molecule has 0 spiro atoms. The van der Waals surface area contributed by atoms with Crippen molar-refractivity contribution in [3.63, 3.8) is 0 Å². The Hall–Kier alpha value is -1.10. The second kappa shape index (κ2) is 5.59. The first-order valence-corrected chi connectivity index (χ1v) is 4.28. The van der Waals surface area contributed by atoms with E-state index in [1.807, 2.05) is 0 Å². The first-order chi connectivity index (χ1) is 6.77. The molecule has 0 aliphatic heterocycles. The highest BCUT2D eigenvalue weighted by molar-refractivity contribution is 5.29. The molecule has 0 unspecified atom stereocenters. The number of benzene rings is 1. The summed E-state index contributed by atoms with van der Waals surface area (Å²) in [6.07, 6.45) is -0.860. The van der Waals surface area contributed by atoms with Gasteiger partial charge in [0.2, 0.25) is 0 Å². The Morgan fingerprint density at radius 2 is 2.21 bits per heavy atom. The van der Waals surface area contributed by atoms with Crippen LogP contribution in [-0.4, -0.2) is 30.7 Å². The molecule has 14 heavy (non-hydrogen) atoms. The van der Waals surface area contributed by atoms with Crippen LogP contribution in [0.3, 0.4) is 0 Å². The zero-order valence-electron chi connectivity index (χ0n) is 8.01. The molecule has 78 valence electrons. The van der Waals surface area contributed by atoms with E-state index in [1.54, 1.807) is 24.3 Å². The highest BCUT2D eigenvalue weighted by Gasteiger charge is 2.06. The van der Waals surface area contributed by atoms with Crippen LogP contribution in [0.1, 0.15) is 11.7 Å². The summed E-state index contributed by atoms with van der Waals surface area (Å²) in [4.78, 5) is 0. The van der Waals surface area contributed by atoms with Crippen LogP contribution in [-0.2, 0) is 4.74 Å². The van der Waals surface area contributed by atoms with Crippen LogP contribution in [0.4, 0.5) is 0 Å². The lowest BCUT2D eigenvalue weighted by Crippen LogP contribution is -2.04. The molecule has 1 aromatic carbocycles. The van der Waals surface area contributed by atoms with Crippen LogP contribution in [0.25, 0.3) is 0 Å². The van der Waals surface area contributed by atoms with E-state index in [1.165, 1.54) is 7.11 Å². The molecule has 0 fully saturated rings. The largest absolute Gasteiger partial charge is 0.468 e. The van der Waals surface area contributed by atoms with Crippen molar-refractivity contribution in [2.45, 2.75) is 6.10 Å². The fraction of sp³-hybridized carbons (Fsp3) is 0.400. The van der Waals surface area contributed by atoms with Crippen LogP contribution >= 0.6 is 0 Å². The number of rotatable bonds is 5. The summed E-state index contributed by atoms with van der Waals surface area (Å²) in [6, 6.07) is 6.90. The van der Waals surface area contributed by atoms with Gasteiger partial charge in [-0.05, 0) is 17.7 Å². The number of hydrogen-bond donors (Lipinski definition) is 2. The monoisotopic (exact) mass is 198 g/mol. The van der Waals surface area contributed by atoms with E-state index in [0.29, 0.717) is 11.3 Å². The minimum atomic E-state index is -0.860. The number of ether oxygens (including phenoxy) is 2. The minimum Gasteiger partial charge on any atom is -0.468 e. The van der Waals surface area contributed by atoms with Crippen molar-refractivity contribution in [2.24, 2.45) is 0 Å². The van der Waals surface area contributed by atoms with Crippen molar-refractivity contribution in [2.75, 3.05) is 20.5 Å². The Bertz CT molecular complexity index is 275. The predicted octanol–water partition coefficient (Wildman–Crippen LogP) is 0.695. The third-order valence-corrected chi connectivity index (χ3v) is 1.76. The standard InChI is InChI=1S/C10H14O4/c1-13-7-14-9-4-2-3-8(5-9)10(12)6-11/h2-5,10-12H,6-7H2,1H3/t10-/m0/s1. The molecule has 0 aliphatic rings. The lowest BCUT2D eigenvalue weighted by Gasteiger charge is -2.09. The van der Waals surface area contributed by atoms with Gasteiger partial charge in [-0.1, -0.05) is 12.1 Å². The molecule has 0 saturated heterocycles.